The van der Waals surface area contributed by atoms with Gasteiger partial charge < -0.3 is 0 Å². The Bertz CT molecular complexity index is 637. The van der Waals surface area contributed by atoms with Crippen molar-refractivity contribution in [1.82, 2.24) is 9.13 Å². The minimum atomic E-state index is 0.0368. The van der Waals surface area contributed by atoms with Gasteiger partial charge in [0, 0.05) is 18.9 Å². The zero-order valence-electron chi connectivity index (χ0n) is 9.98. The maximum atomic E-state index is 11.8. The lowest BCUT2D eigenvalue weighted by Crippen LogP contribution is -2.19. The largest absolute Gasteiger partial charge is 0.328 e. The van der Waals surface area contributed by atoms with Crippen molar-refractivity contribution in [2.75, 3.05) is 0 Å². The first-order valence-corrected chi connectivity index (χ1v) is 6.80. The summed E-state index contributed by atoms with van der Waals surface area (Å²) in [4.78, 5) is 12.3. The molecule has 0 N–H and O–H groups in total. The molecule has 0 spiro atoms. The molecule has 17 heavy (non-hydrogen) atoms. The van der Waals surface area contributed by atoms with Gasteiger partial charge in [-0.2, -0.15) is 0 Å². The minimum absolute atomic E-state index is 0.0368. The monoisotopic (exact) mass is 294 g/mol. The van der Waals surface area contributed by atoms with Crippen LogP contribution in [0.5, 0.6) is 0 Å². The van der Waals surface area contributed by atoms with Crippen molar-refractivity contribution in [1.29, 1.82) is 0 Å². The molecule has 4 heteroatoms. The molecule has 1 aromatic heterocycles. The van der Waals surface area contributed by atoms with E-state index < -0.39 is 0 Å². The molecule has 90 valence electrons. The van der Waals surface area contributed by atoms with Gasteiger partial charge in [-0.05, 0) is 36.5 Å². The van der Waals surface area contributed by atoms with Crippen LogP contribution in [-0.2, 0) is 14.1 Å². The summed E-state index contributed by atoms with van der Waals surface area (Å²) in [5.74, 6) is 0.771. The summed E-state index contributed by atoms with van der Waals surface area (Å²) in [5.41, 5.74) is 3.33. The molecule has 3 rings (SSSR count). The summed E-state index contributed by atoms with van der Waals surface area (Å²) in [6.45, 7) is 0. The van der Waals surface area contributed by atoms with Crippen LogP contribution in [0.4, 0.5) is 0 Å². The highest BCUT2D eigenvalue weighted by molar-refractivity contribution is 9.09. The summed E-state index contributed by atoms with van der Waals surface area (Å²) in [7, 11) is 3.64. The van der Waals surface area contributed by atoms with Crippen LogP contribution in [0.2, 0.25) is 0 Å². The van der Waals surface area contributed by atoms with Crippen molar-refractivity contribution in [3.05, 3.63) is 34.2 Å². The van der Waals surface area contributed by atoms with Crippen molar-refractivity contribution < 1.29 is 0 Å². The number of fused-ring (bicyclic) bond motifs is 1. The van der Waals surface area contributed by atoms with E-state index in [9.17, 15) is 4.79 Å². The second kappa shape index (κ2) is 3.73. The Kier molecular flexibility index (Phi) is 2.43. The molecule has 0 saturated heterocycles. The summed E-state index contributed by atoms with van der Waals surface area (Å²) in [6, 6.07) is 6.30. The minimum Gasteiger partial charge on any atom is -0.295 e. The molecule has 0 amide bonds. The molecule has 1 aliphatic carbocycles. The number of hydrogen-bond acceptors (Lipinski definition) is 1. The molecule has 1 heterocycles. The topological polar surface area (TPSA) is 26.9 Å². The number of hydrogen-bond donors (Lipinski definition) is 0. The summed E-state index contributed by atoms with van der Waals surface area (Å²) >= 11 is 3.75. The molecular formula is C13H15BrN2O. The number of aromatic nitrogens is 2. The fourth-order valence-corrected chi connectivity index (χ4v) is 3.17. The summed E-state index contributed by atoms with van der Waals surface area (Å²) in [6.07, 6.45) is 2.61. The Morgan fingerprint density at radius 3 is 2.53 bits per heavy atom. The van der Waals surface area contributed by atoms with Crippen molar-refractivity contribution >= 4 is 27.0 Å². The molecule has 0 radical (unpaired) electrons. The number of rotatable bonds is 2. The zero-order chi connectivity index (χ0) is 12.2. The van der Waals surface area contributed by atoms with Crippen molar-refractivity contribution in [2.24, 2.45) is 20.0 Å². The van der Waals surface area contributed by atoms with E-state index in [1.54, 1.807) is 9.13 Å². The highest BCUT2D eigenvalue weighted by atomic mass is 79.9. The Balaban J connectivity index is 2.18. The van der Waals surface area contributed by atoms with Crippen LogP contribution < -0.4 is 5.69 Å². The van der Waals surface area contributed by atoms with Gasteiger partial charge >= 0.3 is 5.69 Å². The molecule has 3 nitrogen and oxygen atoms in total. The van der Waals surface area contributed by atoms with Gasteiger partial charge in [0.15, 0.2) is 0 Å². The molecular weight excluding hydrogens is 280 g/mol. The van der Waals surface area contributed by atoms with Crippen LogP contribution in [0.1, 0.15) is 23.2 Å². The van der Waals surface area contributed by atoms with E-state index in [1.807, 2.05) is 20.2 Å². The maximum absolute atomic E-state index is 11.8. The van der Waals surface area contributed by atoms with Crippen LogP contribution in [0.15, 0.2) is 23.0 Å². The van der Waals surface area contributed by atoms with Crippen molar-refractivity contribution in [3.8, 4) is 0 Å². The van der Waals surface area contributed by atoms with Gasteiger partial charge in [0.25, 0.3) is 0 Å². The predicted molar refractivity (Wildman–Crippen MR) is 72.6 cm³/mol. The lowest BCUT2D eigenvalue weighted by molar-refractivity contribution is 0.794. The molecule has 1 unspecified atom stereocenters. The lowest BCUT2D eigenvalue weighted by atomic mass is 10.1. The Morgan fingerprint density at radius 2 is 1.88 bits per heavy atom. The van der Waals surface area contributed by atoms with E-state index in [0.29, 0.717) is 4.83 Å². The SMILES string of the molecule is Cn1c(=O)n(C)c2cc(C(Br)C3CC3)ccc21. The third kappa shape index (κ3) is 1.66. The smallest absolute Gasteiger partial charge is 0.295 e. The summed E-state index contributed by atoms with van der Waals surface area (Å²) < 4.78 is 3.41. The second-order valence-corrected chi connectivity index (χ2v) is 5.87. The van der Waals surface area contributed by atoms with Crippen molar-refractivity contribution in [3.63, 3.8) is 0 Å². The predicted octanol–water partition coefficient (Wildman–Crippen LogP) is 2.72. The third-order valence-corrected chi connectivity index (χ3v) is 4.93. The normalized spacial score (nSPS) is 17.6. The van der Waals surface area contributed by atoms with Crippen LogP contribution in [0.25, 0.3) is 11.0 Å². The maximum Gasteiger partial charge on any atom is 0.328 e. The molecule has 0 bridgehead atoms. The van der Waals surface area contributed by atoms with Crippen LogP contribution in [0, 0.1) is 5.92 Å². The van der Waals surface area contributed by atoms with Crippen molar-refractivity contribution in [2.45, 2.75) is 17.7 Å². The quantitative estimate of drug-likeness (QED) is 0.783. The number of halogens is 1. The number of imidazole rings is 1. The Morgan fingerprint density at radius 1 is 1.24 bits per heavy atom. The van der Waals surface area contributed by atoms with Gasteiger partial charge in [0.1, 0.15) is 0 Å². The molecule has 1 aliphatic rings. The summed E-state index contributed by atoms with van der Waals surface area (Å²) in [5, 5.41) is 0. The van der Waals surface area contributed by atoms with Gasteiger partial charge in [-0.1, -0.05) is 22.0 Å². The first-order valence-electron chi connectivity index (χ1n) is 5.89. The second-order valence-electron chi connectivity index (χ2n) is 4.89. The van der Waals surface area contributed by atoms with Gasteiger partial charge in [-0.25, -0.2) is 4.79 Å². The Labute approximate surface area is 108 Å². The highest BCUT2D eigenvalue weighted by Crippen LogP contribution is 2.46. The number of benzene rings is 1. The van der Waals surface area contributed by atoms with Crippen LogP contribution >= 0.6 is 15.9 Å². The number of alkyl halides is 1. The average molecular weight is 295 g/mol. The highest BCUT2D eigenvalue weighted by Gasteiger charge is 2.30. The van der Waals surface area contributed by atoms with E-state index in [4.69, 9.17) is 0 Å². The molecule has 2 aromatic rings. The average Bonchev–Trinajstić information content (AvgIpc) is 3.15. The van der Waals surface area contributed by atoms with Crippen LogP contribution in [0.3, 0.4) is 0 Å². The van der Waals surface area contributed by atoms with E-state index in [2.05, 4.69) is 28.1 Å². The molecule has 1 aromatic carbocycles. The Hall–Kier alpha value is -1.03. The van der Waals surface area contributed by atoms with E-state index in [1.165, 1.54) is 18.4 Å². The molecule has 0 aliphatic heterocycles. The fraction of sp³-hybridized carbons (Fsp3) is 0.462. The van der Waals surface area contributed by atoms with E-state index in [0.717, 1.165) is 17.0 Å². The van der Waals surface area contributed by atoms with E-state index in [-0.39, 0.29) is 5.69 Å². The van der Waals surface area contributed by atoms with Gasteiger partial charge in [-0.3, -0.25) is 9.13 Å². The fourth-order valence-electron chi connectivity index (χ4n) is 2.36. The number of aryl methyl sites for hydroxylation is 2. The van der Waals surface area contributed by atoms with Crippen LogP contribution in [-0.4, -0.2) is 9.13 Å². The molecule has 1 atom stereocenters. The first-order chi connectivity index (χ1) is 8.09. The van der Waals surface area contributed by atoms with Gasteiger partial charge in [0.2, 0.25) is 0 Å². The third-order valence-electron chi connectivity index (χ3n) is 3.65. The zero-order valence-corrected chi connectivity index (χ0v) is 11.6. The molecule has 1 fully saturated rings. The standard InChI is InChI=1S/C13H15BrN2O/c1-15-10-6-5-9(12(14)8-3-4-8)7-11(10)16(2)13(15)17/h5-8,12H,3-4H2,1-2H3. The number of nitrogens with zero attached hydrogens (tertiary/aromatic N) is 2. The van der Waals surface area contributed by atoms with Gasteiger partial charge in [-0.15, -0.1) is 0 Å². The van der Waals surface area contributed by atoms with Gasteiger partial charge in [0.05, 0.1) is 11.0 Å². The first kappa shape index (κ1) is 11.1. The van der Waals surface area contributed by atoms with E-state index >= 15 is 0 Å². The lowest BCUT2D eigenvalue weighted by Gasteiger charge is -2.08. The molecule has 1 saturated carbocycles.